The van der Waals surface area contributed by atoms with Gasteiger partial charge in [0.2, 0.25) is 5.95 Å². The van der Waals surface area contributed by atoms with Crippen molar-refractivity contribution in [3.63, 3.8) is 0 Å². The van der Waals surface area contributed by atoms with Gasteiger partial charge in [0.15, 0.2) is 0 Å². The largest absolute Gasteiger partial charge is 0.338 e. The molecule has 4 heterocycles. The van der Waals surface area contributed by atoms with Crippen LogP contribution < -0.4 is 4.90 Å². The first-order valence-corrected chi connectivity index (χ1v) is 8.84. The molecule has 0 radical (unpaired) electrons. The third-order valence-electron chi connectivity index (χ3n) is 4.66. The second kappa shape index (κ2) is 6.40. The van der Waals surface area contributed by atoms with Crippen molar-refractivity contribution in [1.29, 1.82) is 0 Å². The number of anilines is 1. The van der Waals surface area contributed by atoms with Crippen molar-refractivity contribution >= 4 is 23.4 Å². The molecule has 2 aromatic heterocycles. The maximum absolute atomic E-state index is 12.4. The highest BCUT2D eigenvalue weighted by Crippen LogP contribution is 2.22. The predicted octanol–water partition coefficient (Wildman–Crippen LogP) is 0.283. The SMILES string of the molecule is Cc1nnsc1C(=O)N1CC(N2CCN(c3ncccn3)CC2)C1. The maximum Gasteiger partial charge on any atom is 0.267 e. The van der Waals surface area contributed by atoms with Gasteiger partial charge in [-0.05, 0) is 24.5 Å². The summed E-state index contributed by atoms with van der Waals surface area (Å²) in [5.41, 5.74) is 0.727. The Morgan fingerprint density at radius 2 is 1.88 bits per heavy atom. The molecule has 0 saturated carbocycles. The molecule has 9 heteroatoms. The van der Waals surface area contributed by atoms with E-state index in [0.717, 1.165) is 50.9 Å². The van der Waals surface area contributed by atoms with Crippen molar-refractivity contribution in [2.75, 3.05) is 44.2 Å². The zero-order valence-electron chi connectivity index (χ0n) is 13.5. The smallest absolute Gasteiger partial charge is 0.267 e. The first-order chi connectivity index (χ1) is 11.7. The molecule has 0 unspecified atom stereocenters. The number of aryl methyl sites for hydroxylation is 1. The van der Waals surface area contributed by atoms with Gasteiger partial charge < -0.3 is 9.80 Å². The predicted molar refractivity (Wildman–Crippen MR) is 90.2 cm³/mol. The van der Waals surface area contributed by atoms with Gasteiger partial charge in [-0.15, -0.1) is 5.10 Å². The number of hydrogen-bond donors (Lipinski definition) is 0. The van der Waals surface area contributed by atoms with Crippen LogP contribution in [0.25, 0.3) is 0 Å². The van der Waals surface area contributed by atoms with E-state index < -0.39 is 0 Å². The number of aromatic nitrogens is 4. The summed E-state index contributed by atoms with van der Waals surface area (Å²) in [5, 5.41) is 3.92. The normalized spacial score (nSPS) is 19.4. The minimum absolute atomic E-state index is 0.0649. The van der Waals surface area contributed by atoms with Crippen LogP contribution in [-0.4, -0.2) is 80.6 Å². The van der Waals surface area contributed by atoms with Crippen molar-refractivity contribution < 1.29 is 4.79 Å². The summed E-state index contributed by atoms with van der Waals surface area (Å²) < 4.78 is 3.85. The van der Waals surface area contributed by atoms with E-state index in [1.54, 1.807) is 12.4 Å². The second-order valence-corrected chi connectivity index (χ2v) is 6.88. The molecule has 0 bridgehead atoms. The molecule has 2 aliphatic heterocycles. The quantitative estimate of drug-likeness (QED) is 0.791. The first-order valence-electron chi connectivity index (χ1n) is 8.06. The Morgan fingerprint density at radius 1 is 1.17 bits per heavy atom. The molecule has 0 N–H and O–H groups in total. The number of piperazine rings is 1. The Morgan fingerprint density at radius 3 is 2.50 bits per heavy atom. The molecule has 0 aromatic carbocycles. The van der Waals surface area contributed by atoms with Crippen LogP contribution in [0.4, 0.5) is 5.95 Å². The zero-order chi connectivity index (χ0) is 16.5. The topological polar surface area (TPSA) is 78.4 Å². The van der Waals surface area contributed by atoms with Gasteiger partial charge >= 0.3 is 0 Å². The average molecular weight is 345 g/mol. The van der Waals surface area contributed by atoms with Crippen LogP contribution >= 0.6 is 11.5 Å². The van der Waals surface area contributed by atoms with Gasteiger partial charge in [-0.2, -0.15) is 0 Å². The Labute approximate surface area is 144 Å². The Balaban J connectivity index is 1.28. The van der Waals surface area contributed by atoms with Crippen LogP contribution in [0, 0.1) is 6.92 Å². The summed E-state index contributed by atoms with van der Waals surface area (Å²) in [5.74, 6) is 0.866. The van der Waals surface area contributed by atoms with E-state index in [1.807, 2.05) is 17.9 Å². The third kappa shape index (κ3) is 2.84. The van der Waals surface area contributed by atoms with Gasteiger partial charge in [0.1, 0.15) is 4.88 Å². The summed E-state index contributed by atoms with van der Waals surface area (Å²) in [4.78, 5) is 28.2. The highest BCUT2D eigenvalue weighted by molar-refractivity contribution is 7.07. The number of carbonyl (C=O) groups excluding carboxylic acids is 1. The summed E-state index contributed by atoms with van der Waals surface area (Å²) in [6.07, 6.45) is 3.56. The van der Waals surface area contributed by atoms with E-state index in [4.69, 9.17) is 0 Å². The summed E-state index contributed by atoms with van der Waals surface area (Å²) in [6.45, 7) is 7.21. The van der Waals surface area contributed by atoms with Gasteiger partial charge in [-0.1, -0.05) is 4.49 Å². The first kappa shape index (κ1) is 15.4. The lowest BCUT2D eigenvalue weighted by Gasteiger charge is -2.48. The molecule has 2 fully saturated rings. The molecule has 126 valence electrons. The van der Waals surface area contributed by atoms with E-state index in [9.17, 15) is 4.79 Å². The summed E-state index contributed by atoms with van der Waals surface area (Å²) in [7, 11) is 0. The minimum atomic E-state index is 0.0649. The van der Waals surface area contributed by atoms with Gasteiger partial charge in [0.25, 0.3) is 5.91 Å². The molecular weight excluding hydrogens is 326 g/mol. The molecule has 2 saturated heterocycles. The van der Waals surface area contributed by atoms with E-state index in [1.165, 1.54) is 11.5 Å². The lowest BCUT2D eigenvalue weighted by atomic mass is 10.1. The van der Waals surface area contributed by atoms with Gasteiger partial charge in [-0.25, -0.2) is 9.97 Å². The molecule has 0 spiro atoms. The average Bonchev–Trinajstić information content (AvgIpc) is 3.01. The number of hydrogen-bond acceptors (Lipinski definition) is 8. The van der Waals surface area contributed by atoms with Crippen molar-refractivity contribution in [3.8, 4) is 0 Å². The van der Waals surface area contributed by atoms with E-state index >= 15 is 0 Å². The van der Waals surface area contributed by atoms with Crippen LogP contribution in [0.1, 0.15) is 15.4 Å². The standard InChI is InChI=1S/C15H19N7OS/c1-11-13(24-19-18-11)14(23)22-9-12(10-22)20-5-7-21(8-6-20)15-16-3-2-4-17-15/h2-4,12H,5-10H2,1H3. The number of carbonyl (C=O) groups is 1. The van der Waals surface area contributed by atoms with Crippen LogP contribution in [-0.2, 0) is 0 Å². The highest BCUT2D eigenvalue weighted by Gasteiger charge is 2.37. The number of amides is 1. The molecule has 0 atom stereocenters. The number of likely N-dealkylation sites (tertiary alicyclic amines) is 1. The fourth-order valence-electron chi connectivity index (χ4n) is 3.17. The highest BCUT2D eigenvalue weighted by atomic mass is 32.1. The van der Waals surface area contributed by atoms with Gasteiger partial charge in [0.05, 0.1) is 5.69 Å². The van der Waals surface area contributed by atoms with Crippen molar-refractivity contribution in [2.45, 2.75) is 13.0 Å². The maximum atomic E-state index is 12.4. The lowest BCUT2D eigenvalue weighted by molar-refractivity contribution is 0.0249. The molecule has 0 aliphatic carbocycles. The van der Waals surface area contributed by atoms with Crippen LogP contribution in [0.15, 0.2) is 18.5 Å². The molecule has 1 amide bonds. The van der Waals surface area contributed by atoms with Crippen molar-refractivity contribution in [2.24, 2.45) is 0 Å². The van der Waals surface area contributed by atoms with E-state index in [2.05, 4.69) is 29.4 Å². The van der Waals surface area contributed by atoms with E-state index in [0.29, 0.717) is 10.9 Å². The van der Waals surface area contributed by atoms with Gasteiger partial charge in [-0.3, -0.25) is 9.69 Å². The Hall–Kier alpha value is -2.13. The fraction of sp³-hybridized carbons (Fsp3) is 0.533. The molecule has 2 aliphatic rings. The molecule has 2 aromatic rings. The number of nitrogens with zero attached hydrogens (tertiary/aromatic N) is 7. The van der Waals surface area contributed by atoms with Crippen molar-refractivity contribution in [1.82, 2.24) is 29.4 Å². The minimum Gasteiger partial charge on any atom is -0.338 e. The van der Waals surface area contributed by atoms with Gasteiger partial charge in [0, 0.05) is 57.7 Å². The summed E-state index contributed by atoms with van der Waals surface area (Å²) in [6, 6.07) is 2.29. The van der Waals surface area contributed by atoms with Crippen LogP contribution in [0.5, 0.6) is 0 Å². The van der Waals surface area contributed by atoms with E-state index in [-0.39, 0.29) is 5.91 Å². The second-order valence-electron chi connectivity index (χ2n) is 6.12. The van der Waals surface area contributed by atoms with Crippen LogP contribution in [0.3, 0.4) is 0 Å². The molecule has 24 heavy (non-hydrogen) atoms. The Bertz CT molecular complexity index is 708. The third-order valence-corrected chi connectivity index (χ3v) is 5.48. The monoisotopic (exact) mass is 345 g/mol. The molecule has 4 rings (SSSR count). The van der Waals surface area contributed by atoms with Crippen LogP contribution in [0.2, 0.25) is 0 Å². The zero-order valence-corrected chi connectivity index (χ0v) is 14.3. The lowest BCUT2D eigenvalue weighted by Crippen LogP contribution is -2.64. The fourth-order valence-corrected chi connectivity index (χ4v) is 3.79. The number of rotatable bonds is 3. The Kier molecular flexibility index (Phi) is 4.11. The van der Waals surface area contributed by atoms with Crippen molar-refractivity contribution in [3.05, 3.63) is 29.0 Å². The summed E-state index contributed by atoms with van der Waals surface area (Å²) >= 11 is 1.18. The molecule has 8 nitrogen and oxygen atoms in total. The molecular formula is C15H19N7OS.